The Balaban J connectivity index is 3.08. The number of alkyl halides is 3. The fourth-order valence-electron chi connectivity index (χ4n) is 1.43. The van der Waals surface area contributed by atoms with Crippen LogP contribution in [0.15, 0.2) is 18.2 Å². The summed E-state index contributed by atoms with van der Waals surface area (Å²) in [7, 11) is 0. The largest absolute Gasteiger partial charge is 0.416 e. The van der Waals surface area contributed by atoms with Crippen LogP contribution in [0, 0.1) is 0 Å². The van der Waals surface area contributed by atoms with E-state index in [1.54, 1.807) is 0 Å². The molecule has 0 saturated carbocycles. The van der Waals surface area contributed by atoms with Crippen LogP contribution in [0.1, 0.15) is 11.1 Å². The van der Waals surface area contributed by atoms with Crippen LogP contribution < -0.4 is 11.1 Å². The molecule has 8 heteroatoms. The fourth-order valence-corrected chi connectivity index (χ4v) is 1.94. The molecule has 0 heterocycles. The first-order valence-corrected chi connectivity index (χ1v) is 6.33. The smallest absolute Gasteiger partial charge is 0.384 e. The molecule has 0 bridgehead atoms. The molecule has 1 aromatic carbocycles. The van der Waals surface area contributed by atoms with Crippen molar-refractivity contribution in [3.8, 4) is 0 Å². The van der Waals surface area contributed by atoms with Gasteiger partial charge in [-0.05, 0) is 17.7 Å². The predicted octanol–water partition coefficient (Wildman–Crippen LogP) is 1.80. The number of halogens is 3. The Labute approximate surface area is 105 Å². The van der Waals surface area contributed by atoms with Crippen LogP contribution in [0.5, 0.6) is 0 Å². The Bertz CT molecular complexity index is 438. The minimum absolute atomic E-state index is 0.207. The first-order chi connectivity index (χ1) is 8.34. The Kier molecular flexibility index (Phi) is 5.12. The van der Waals surface area contributed by atoms with E-state index >= 15 is 0 Å². The number of rotatable bonds is 5. The maximum Gasteiger partial charge on any atom is 0.416 e. The molecule has 0 radical (unpaired) electrons. The van der Waals surface area contributed by atoms with Gasteiger partial charge >= 0.3 is 6.18 Å². The molecule has 18 heavy (non-hydrogen) atoms. The Morgan fingerprint density at radius 2 is 2.06 bits per heavy atom. The third-order valence-electron chi connectivity index (χ3n) is 2.17. The summed E-state index contributed by atoms with van der Waals surface area (Å²) in [5, 5.41) is 2.72. The number of hydrogen-bond donors (Lipinski definition) is 3. The van der Waals surface area contributed by atoms with Gasteiger partial charge < -0.3 is 15.6 Å². The Hall–Kier alpha value is -1.12. The minimum atomic E-state index is -4.56. The molecule has 1 unspecified atom stereocenters. The van der Waals surface area contributed by atoms with Gasteiger partial charge in [0, 0.05) is 18.8 Å². The zero-order valence-electron chi connectivity index (χ0n) is 9.33. The second-order valence-electron chi connectivity index (χ2n) is 3.55. The van der Waals surface area contributed by atoms with E-state index in [2.05, 4.69) is 5.32 Å². The molecule has 0 aromatic heterocycles. The zero-order chi connectivity index (χ0) is 13.8. The van der Waals surface area contributed by atoms with Gasteiger partial charge in [-0.1, -0.05) is 6.07 Å². The molecule has 1 aromatic rings. The molecule has 102 valence electrons. The SMILES string of the molecule is NCCNc1ccc(CS(=O)O)c(C(F)(F)F)c1. The molecule has 4 nitrogen and oxygen atoms in total. The van der Waals surface area contributed by atoms with Crippen molar-refractivity contribution in [1.82, 2.24) is 0 Å². The van der Waals surface area contributed by atoms with Gasteiger partial charge in [0.1, 0.15) is 0 Å². The Morgan fingerprint density at radius 1 is 1.39 bits per heavy atom. The van der Waals surface area contributed by atoms with Crippen molar-refractivity contribution in [1.29, 1.82) is 0 Å². The topological polar surface area (TPSA) is 75.3 Å². The second-order valence-corrected chi connectivity index (χ2v) is 4.48. The number of anilines is 1. The van der Waals surface area contributed by atoms with Crippen LogP contribution in [0.2, 0.25) is 0 Å². The molecule has 0 amide bonds. The molecule has 0 fully saturated rings. The van der Waals surface area contributed by atoms with Crippen LogP contribution in [0.25, 0.3) is 0 Å². The van der Waals surface area contributed by atoms with E-state index in [0.717, 1.165) is 6.07 Å². The highest BCUT2D eigenvalue weighted by molar-refractivity contribution is 7.78. The van der Waals surface area contributed by atoms with Crippen molar-refractivity contribution in [3.05, 3.63) is 29.3 Å². The lowest BCUT2D eigenvalue weighted by Crippen LogP contribution is -2.15. The number of benzene rings is 1. The maximum atomic E-state index is 12.8. The van der Waals surface area contributed by atoms with Crippen molar-refractivity contribution in [3.63, 3.8) is 0 Å². The van der Waals surface area contributed by atoms with E-state index in [0.29, 0.717) is 13.1 Å². The quantitative estimate of drug-likeness (QED) is 0.720. The van der Waals surface area contributed by atoms with Crippen molar-refractivity contribution >= 4 is 16.8 Å². The summed E-state index contributed by atoms with van der Waals surface area (Å²) in [6.45, 7) is 0.645. The lowest BCUT2D eigenvalue weighted by atomic mass is 10.1. The van der Waals surface area contributed by atoms with Gasteiger partial charge in [0.25, 0.3) is 0 Å². The molecular formula is C10H13F3N2O2S. The van der Waals surface area contributed by atoms with E-state index in [-0.39, 0.29) is 11.3 Å². The molecule has 0 aliphatic rings. The van der Waals surface area contributed by atoms with Crippen molar-refractivity contribution in [2.75, 3.05) is 18.4 Å². The third kappa shape index (κ3) is 4.28. The summed E-state index contributed by atoms with van der Waals surface area (Å²) in [4.78, 5) is 0. The molecule has 4 N–H and O–H groups in total. The predicted molar refractivity (Wildman–Crippen MR) is 63.5 cm³/mol. The summed E-state index contributed by atoms with van der Waals surface area (Å²) < 4.78 is 57.6. The van der Waals surface area contributed by atoms with Gasteiger partial charge in [0.2, 0.25) is 0 Å². The summed E-state index contributed by atoms with van der Waals surface area (Å²) >= 11 is -2.31. The van der Waals surface area contributed by atoms with Gasteiger partial charge in [0.05, 0.1) is 11.3 Å². The molecular weight excluding hydrogens is 269 g/mol. The summed E-state index contributed by atoms with van der Waals surface area (Å²) in [6, 6.07) is 3.53. The molecule has 0 aliphatic heterocycles. The molecule has 0 spiro atoms. The first kappa shape index (κ1) is 14.9. The summed E-state index contributed by atoms with van der Waals surface area (Å²) in [5.74, 6) is -0.550. The molecule has 0 saturated heterocycles. The highest BCUT2D eigenvalue weighted by atomic mass is 32.2. The number of hydrogen-bond acceptors (Lipinski definition) is 3. The van der Waals surface area contributed by atoms with Gasteiger partial charge in [-0.25, -0.2) is 4.21 Å². The number of nitrogens with one attached hydrogen (secondary N) is 1. The highest BCUT2D eigenvalue weighted by Crippen LogP contribution is 2.34. The van der Waals surface area contributed by atoms with Crippen molar-refractivity contribution in [2.45, 2.75) is 11.9 Å². The lowest BCUT2D eigenvalue weighted by molar-refractivity contribution is -0.138. The summed E-state index contributed by atoms with van der Waals surface area (Å²) in [5.41, 5.74) is 4.40. The highest BCUT2D eigenvalue weighted by Gasteiger charge is 2.33. The standard InChI is InChI=1S/C10H13F3N2O2S/c11-10(12,13)9-5-8(15-4-3-14)2-1-7(9)6-18(16)17/h1-2,5,15H,3-4,6,14H2,(H,16,17). The average molecular weight is 282 g/mol. The average Bonchev–Trinajstić information content (AvgIpc) is 2.25. The van der Waals surface area contributed by atoms with Gasteiger partial charge in [-0.15, -0.1) is 0 Å². The van der Waals surface area contributed by atoms with E-state index in [9.17, 15) is 17.4 Å². The normalized spacial score (nSPS) is 13.4. The van der Waals surface area contributed by atoms with Crippen LogP contribution in [-0.4, -0.2) is 21.9 Å². The van der Waals surface area contributed by atoms with Crippen molar-refractivity contribution in [2.24, 2.45) is 5.73 Å². The van der Waals surface area contributed by atoms with E-state index < -0.39 is 28.6 Å². The molecule has 1 rings (SSSR count). The number of nitrogens with two attached hydrogens (primary N) is 1. The monoisotopic (exact) mass is 282 g/mol. The Morgan fingerprint density at radius 3 is 2.56 bits per heavy atom. The lowest BCUT2D eigenvalue weighted by Gasteiger charge is -2.14. The fraction of sp³-hybridized carbons (Fsp3) is 0.400. The summed E-state index contributed by atoms with van der Waals surface area (Å²) in [6.07, 6.45) is -4.56. The van der Waals surface area contributed by atoms with Crippen LogP contribution in [0.3, 0.4) is 0 Å². The third-order valence-corrected chi connectivity index (χ3v) is 2.73. The van der Waals surface area contributed by atoms with E-state index in [1.165, 1.54) is 12.1 Å². The van der Waals surface area contributed by atoms with Crippen LogP contribution in [-0.2, 0) is 23.0 Å². The molecule has 1 atom stereocenters. The van der Waals surface area contributed by atoms with Crippen molar-refractivity contribution < 1.29 is 21.9 Å². The molecule has 0 aliphatic carbocycles. The minimum Gasteiger partial charge on any atom is -0.384 e. The second kappa shape index (κ2) is 6.17. The van der Waals surface area contributed by atoms with E-state index in [1.807, 2.05) is 0 Å². The van der Waals surface area contributed by atoms with Crippen LogP contribution in [0.4, 0.5) is 18.9 Å². The van der Waals surface area contributed by atoms with Gasteiger partial charge in [-0.2, -0.15) is 13.2 Å². The van der Waals surface area contributed by atoms with Crippen LogP contribution >= 0.6 is 0 Å². The zero-order valence-corrected chi connectivity index (χ0v) is 10.1. The van der Waals surface area contributed by atoms with E-state index in [4.69, 9.17) is 10.3 Å². The van der Waals surface area contributed by atoms with Gasteiger partial charge in [0.15, 0.2) is 11.1 Å². The maximum absolute atomic E-state index is 12.8. The van der Waals surface area contributed by atoms with Gasteiger partial charge in [-0.3, -0.25) is 0 Å². The first-order valence-electron chi connectivity index (χ1n) is 5.06.